The van der Waals surface area contributed by atoms with E-state index in [0.717, 1.165) is 4.68 Å². The third-order valence-corrected chi connectivity index (χ3v) is 2.44. The number of nitrogen functional groups attached to an aromatic ring is 1. The van der Waals surface area contributed by atoms with Crippen LogP contribution in [-0.4, -0.2) is 20.7 Å². The number of aromatic nitrogens is 2. The zero-order valence-electron chi connectivity index (χ0n) is 8.96. The number of rotatable bonds is 3. The molecular formula is C11H11N3O3. The number of benzene rings is 1. The first kappa shape index (κ1) is 11.1. The minimum atomic E-state index is -0.951. The molecule has 0 saturated carbocycles. The van der Waals surface area contributed by atoms with Crippen molar-refractivity contribution in [1.82, 2.24) is 9.66 Å². The lowest BCUT2D eigenvalue weighted by molar-refractivity contribution is -0.137. The largest absolute Gasteiger partial charge is 0.481 e. The molecule has 0 bridgehead atoms. The van der Waals surface area contributed by atoms with Gasteiger partial charge in [-0.1, -0.05) is 12.1 Å². The van der Waals surface area contributed by atoms with Gasteiger partial charge in [0, 0.05) is 6.42 Å². The van der Waals surface area contributed by atoms with Gasteiger partial charge in [0.2, 0.25) is 0 Å². The van der Waals surface area contributed by atoms with E-state index in [0.29, 0.717) is 10.9 Å². The predicted molar refractivity (Wildman–Crippen MR) is 62.1 cm³/mol. The zero-order valence-corrected chi connectivity index (χ0v) is 8.96. The molecule has 0 aliphatic heterocycles. The Bertz CT molecular complexity index is 633. The van der Waals surface area contributed by atoms with Crippen LogP contribution in [0.3, 0.4) is 0 Å². The zero-order chi connectivity index (χ0) is 12.4. The second-order valence-electron chi connectivity index (χ2n) is 3.61. The lowest BCUT2D eigenvalue weighted by Crippen LogP contribution is -2.31. The Hall–Kier alpha value is -2.37. The van der Waals surface area contributed by atoms with Gasteiger partial charge in [-0.05, 0) is 12.1 Å². The molecule has 0 aliphatic rings. The number of nitrogens with two attached hydrogens (primary N) is 1. The van der Waals surface area contributed by atoms with Crippen LogP contribution >= 0.6 is 0 Å². The van der Waals surface area contributed by atoms with E-state index in [9.17, 15) is 9.59 Å². The Morgan fingerprint density at radius 2 is 2.12 bits per heavy atom. The van der Waals surface area contributed by atoms with Crippen LogP contribution in [0.1, 0.15) is 12.2 Å². The van der Waals surface area contributed by atoms with Gasteiger partial charge < -0.3 is 10.9 Å². The number of nitrogens with zero attached hydrogens (tertiary/aromatic N) is 2. The molecule has 0 amide bonds. The highest BCUT2D eigenvalue weighted by Crippen LogP contribution is 2.07. The van der Waals surface area contributed by atoms with E-state index in [4.69, 9.17) is 10.9 Å². The molecule has 0 atom stereocenters. The fourth-order valence-corrected chi connectivity index (χ4v) is 1.59. The van der Waals surface area contributed by atoms with Crippen LogP contribution < -0.4 is 11.4 Å². The molecule has 1 aromatic heterocycles. The van der Waals surface area contributed by atoms with Crippen LogP contribution in [0.2, 0.25) is 0 Å². The van der Waals surface area contributed by atoms with Crippen molar-refractivity contribution < 1.29 is 9.90 Å². The molecule has 17 heavy (non-hydrogen) atoms. The molecule has 0 spiro atoms. The van der Waals surface area contributed by atoms with Crippen molar-refractivity contribution in [2.24, 2.45) is 0 Å². The summed E-state index contributed by atoms with van der Waals surface area (Å²) in [6, 6.07) is 6.81. The molecule has 0 unspecified atom stereocenters. The lowest BCUT2D eigenvalue weighted by atomic mass is 10.2. The van der Waals surface area contributed by atoms with Crippen LogP contribution in [0.5, 0.6) is 0 Å². The van der Waals surface area contributed by atoms with Crippen LogP contribution in [0, 0.1) is 0 Å². The summed E-state index contributed by atoms with van der Waals surface area (Å²) in [5.74, 6) is 4.91. The highest BCUT2D eigenvalue weighted by Gasteiger charge is 2.09. The molecule has 1 heterocycles. The van der Waals surface area contributed by atoms with Gasteiger partial charge in [-0.3, -0.25) is 9.59 Å². The summed E-state index contributed by atoms with van der Waals surface area (Å²) in [6.07, 6.45) is 0.0217. The van der Waals surface area contributed by atoms with Crippen molar-refractivity contribution in [3.63, 3.8) is 0 Å². The third-order valence-electron chi connectivity index (χ3n) is 2.44. The Kier molecular flexibility index (Phi) is 2.78. The van der Waals surface area contributed by atoms with Crippen molar-refractivity contribution in [3.05, 3.63) is 40.4 Å². The Balaban J connectivity index is 2.54. The first-order chi connectivity index (χ1) is 8.09. The summed E-state index contributed by atoms with van der Waals surface area (Å²) in [7, 11) is 0. The van der Waals surface area contributed by atoms with Gasteiger partial charge in [-0.15, -0.1) is 0 Å². The lowest BCUT2D eigenvalue weighted by Gasteiger charge is -2.07. The molecule has 3 N–H and O–H groups in total. The molecule has 0 saturated heterocycles. The second-order valence-corrected chi connectivity index (χ2v) is 3.61. The van der Waals surface area contributed by atoms with E-state index in [1.807, 2.05) is 0 Å². The van der Waals surface area contributed by atoms with Gasteiger partial charge in [0.25, 0.3) is 5.56 Å². The Morgan fingerprint density at radius 1 is 1.41 bits per heavy atom. The summed E-state index contributed by atoms with van der Waals surface area (Å²) in [5, 5.41) is 9.02. The number of hydrogen-bond acceptors (Lipinski definition) is 4. The van der Waals surface area contributed by atoms with E-state index in [1.54, 1.807) is 24.3 Å². The van der Waals surface area contributed by atoms with Crippen LogP contribution in [0.25, 0.3) is 10.9 Å². The molecule has 0 fully saturated rings. The maximum absolute atomic E-state index is 11.8. The fraction of sp³-hybridized carbons (Fsp3) is 0.182. The van der Waals surface area contributed by atoms with E-state index >= 15 is 0 Å². The molecule has 2 aromatic rings. The van der Waals surface area contributed by atoms with Crippen LogP contribution in [0.15, 0.2) is 29.1 Å². The second kappa shape index (κ2) is 4.25. The number of carboxylic acids is 1. The topological polar surface area (TPSA) is 98.2 Å². The first-order valence-electron chi connectivity index (χ1n) is 5.07. The van der Waals surface area contributed by atoms with Crippen molar-refractivity contribution in [2.75, 3.05) is 5.84 Å². The number of carboxylic acid groups (broad SMARTS) is 1. The number of para-hydroxylation sites is 1. The molecule has 0 radical (unpaired) electrons. The molecule has 6 heteroatoms. The molecule has 1 aromatic carbocycles. The minimum absolute atomic E-state index is 0.109. The van der Waals surface area contributed by atoms with E-state index in [1.165, 1.54) is 0 Å². The number of aliphatic carboxylic acids is 1. The standard InChI is InChI=1S/C11H11N3O3/c12-14-9(5-6-10(15)16)13-8-4-2-1-3-7(8)11(14)17/h1-4H,5-6,12H2,(H,15,16). The van der Waals surface area contributed by atoms with Gasteiger partial charge in [0.1, 0.15) is 5.82 Å². The smallest absolute Gasteiger partial charge is 0.303 e. The maximum Gasteiger partial charge on any atom is 0.303 e. The van der Waals surface area contributed by atoms with Gasteiger partial charge >= 0.3 is 5.97 Å². The highest BCUT2D eigenvalue weighted by molar-refractivity contribution is 5.77. The van der Waals surface area contributed by atoms with E-state index in [-0.39, 0.29) is 24.2 Å². The Labute approximate surface area is 96.3 Å². The van der Waals surface area contributed by atoms with Gasteiger partial charge in [0.15, 0.2) is 0 Å². The summed E-state index contributed by atoms with van der Waals surface area (Å²) in [6.45, 7) is 0. The van der Waals surface area contributed by atoms with Gasteiger partial charge in [0.05, 0.1) is 17.3 Å². The van der Waals surface area contributed by atoms with Crippen molar-refractivity contribution in [2.45, 2.75) is 12.8 Å². The van der Waals surface area contributed by atoms with Crippen molar-refractivity contribution in [1.29, 1.82) is 0 Å². The average molecular weight is 233 g/mol. The normalized spacial score (nSPS) is 10.6. The van der Waals surface area contributed by atoms with E-state index in [2.05, 4.69) is 4.98 Å². The van der Waals surface area contributed by atoms with Gasteiger partial charge in [-0.25, -0.2) is 9.66 Å². The molecule has 0 aliphatic carbocycles. The third kappa shape index (κ3) is 2.10. The quantitative estimate of drug-likeness (QED) is 0.734. The van der Waals surface area contributed by atoms with Crippen LogP contribution in [0.4, 0.5) is 0 Å². The number of aryl methyl sites for hydroxylation is 1. The number of carbonyl (C=O) groups is 1. The number of hydrogen-bond donors (Lipinski definition) is 2. The van der Waals surface area contributed by atoms with Crippen molar-refractivity contribution >= 4 is 16.9 Å². The SMILES string of the molecule is Nn1c(CCC(=O)O)nc2ccccc2c1=O. The maximum atomic E-state index is 11.8. The monoisotopic (exact) mass is 233 g/mol. The van der Waals surface area contributed by atoms with Gasteiger partial charge in [-0.2, -0.15) is 0 Å². The van der Waals surface area contributed by atoms with Crippen LogP contribution in [-0.2, 0) is 11.2 Å². The molecular weight excluding hydrogens is 222 g/mol. The summed E-state index contributed by atoms with van der Waals surface area (Å²) in [5.41, 5.74) is 0.163. The summed E-state index contributed by atoms with van der Waals surface area (Å²) >= 11 is 0. The summed E-state index contributed by atoms with van der Waals surface area (Å²) in [4.78, 5) is 26.5. The predicted octanol–water partition coefficient (Wildman–Crippen LogP) is 0.127. The van der Waals surface area contributed by atoms with E-state index < -0.39 is 5.97 Å². The molecule has 2 rings (SSSR count). The fourth-order valence-electron chi connectivity index (χ4n) is 1.59. The number of fused-ring (bicyclic) bond motifs is 1. The molecule has 88 valence electrons. The average Bonchev–Trinajstić information content (AvgIpc) is 2.32. The Morgan fingerprint density at radius 3 is 2.82 bits per heavy atom. The molecule has 6 nitrogen and oxygen atoms in total. The van der Waals surface area contributed by atoms with Crippen molar-refractivity contribution in [3.8, 4) is 0 Å². The minimum Gasteiger partial charge on any atom is -0.481 e. The first-order valence-corrected chi connectivity index (χ1v) is 5.07. The summed E-state index contributed by atoms with van der Waals surface area (Å²) < 4.78 is 0.908. The highest BCUT2D eigenvalue weighted by atomic mass is 16.4.